The lowest BCUT2D eigenvalue weighted by Crippen LogP contribution is -2.37. The maximum Gasteiger partial charge on any atom is 0.138 e. The molecule has 0 aromatic carbocycles. The van der Waals surface area contributed by atoms with Crippen molar-refractivity contribution in [1.82, 2.24) is 0 Å². The average molecular weight is 276 g/mol. The van der Waals surface area contributed by atoms with Crippen LogP contribution in [0, 0.1) is 11.8 Å². The zero-order valence-corrected chi connectivity index (χ0v) is 13.0. The van der Waals surface area contributed by atoms with Crippen molar-refractivity contribution in [2.24, 2.45) is 11.8 Å². The highest BCUT2D eigenvalue weighted by atomic mass is 19.1. The Hall–Kier alpha value is -0.190. The van der Waals surface area contributed by atoms with Gasteiger partial charge < -0.3 is 14.2 Å². The fraction of sp³-hybridized carbons (Fsp3) is 1.00. The van der Waals surface area contributed by atoms with Crippen molar-refractivity contribution in [2.75, 3.05) is 33.5 Å². The number of halogens is 1. The summed E-state index contributed by atoms with van der Waals surface area (Å²) in [7, 11) is 1.77. The van der Waals surface area contributed by atoms with Gasteiger partial charge >= 0.3 is 0 Å². The molecule has 0 N–H and O–H groups in total. The van der Waals surface area contributed by atoms with E-state index in [9.17, 15) is 4.39 Å². The normalized spacial score (nSPS) is 34.7. The minimum absolute atomic E-state index is 0.0139. The Morgan fingerprint density at radius 2 is 1.53 bits per heavy atom. The molecule has 0 aromatic heterocycles. The van der Waals surface area contributed by atoms with Crippen molar-refractivity contribution < 1.29 is 18.6 Å². The van der Waals surface area contributed by atoms with Crippen molar-refractivity contribution in [3.05, 3.63) is 0 Å². The van der Waals surface area contributed by atoms with E-state index in [0.717, 1.165) is 19.6 Å². The van der Waals surface area contributed by atoms with E-state index in [1.165, 1.54) is 0 Å². The van der Waals surface area contributed by atoms with Crippen LogP contribution >= 0.6 is 0 Å². The molecule has 0 unspecified atom stereocenters. The zero-order chi connectivity index (χ0) is 14.5. The van der Waals surface area contributed by atoms with E-state index >= 15 is 0 Å². The predicted octanol–water partition coefficient (Wildman–Crippen LogP) is 3.22. The third-order valence-electron chi connectivity index (χ3n) is 4.51. The second kappa shape index (κ2) is 7.00. The smallest absolute Gasteiger partial charge is 0.138 e. The van der Waals surface area contributed by atoms with Crippen LogP contribution in [-0.2, 0) is 14.2 Å². The molecule has 3 nitrogen and oxygen atoms in total. The van der Waals surface area contributed by atoms with Crippen LogP contribution in [0.15, 0.2) is 0 Å². The summed E-state index contributed by atoms with van der Waals surface area (Å²) in [6.45, 7) is 10.7. The van der Waals surface area contributed by atoms with E-state index in [2.05, 4.69) is 13.8 Å². The van der Waals surface area contributed by atoms with Crippen LogP contribution in [0.5, 0.6) is 0 Å². The van der Waals surface area contributed by atoms with E-state index in [1.54, 1.807) is 7.11 Å². The summed E-state index contributed by atoms with van der Waals surface area (Å²) in [5.74, 6) is 0.653. The summed E-state index contributed by atoms with van der Waals surface area (Å²) in [5.41, 5.74) is -1.01. The Kier molecular flexibility index (Phi) is 6.21. The fourth-order valence-electron chi connectivity index (χ4n) is 2.43. The number of alkyl halides is 1. The van der Waals surface area contributed by atoms with E-state index in [-0.39, 0.29) is 11.5 Å². The Bertz CT molecular complexity index is 254. The molecular formula is C15H29FO3. The number of methoxy groups -OCH3 is 1. The van der Waals surface area contributed by atoms with Gasteiger partial charge in [0.25, 0.3) is 0 Å². The lowest BCUT2D eigenvalue weighted by molar-refractivity contribution is -0.0511. The van der Waals surface area contributed by atoms with Crippen molar-refractivity contribution in [3.8, 4) is 0 Å². The molecule has 0 spiro atoms. The maximum atomic E-state index is 13.3. The van der Waals surface area contributed by atoms with Crippen LogP contribution in [-0.4, -0.2) is 44.8 Å². The third kappa shape index (κ3) is 4.14. The van der Waals surface area contributed by atoms with Gasteiger partial charge in [0.05, 0.1) is 18.8 Å². The molecule has 19 heavy (non-hydrogen) atoms. The van der Waals surface area contributed by atoms with Crippen molar-refractivity contribution >= 4 is 0 Å². The molecule has 2 fully saturated rings. The second-order valence-electron chi connectivity index (χ2n) is 6.22. The average Bonchev–Trinajstić information content (AvgIpc) is 2.99. The number of hydrogen-bond donors (Lipinski definition) is 0. The quantitative estimate of drug-likeness (QED) is 0.792. The molecule has 4 heteroatoms. The summed E-state index contributed by atoms with van der Waals surface area (Å²) >= 11 is 0. The van der Waals surface area contributed by atoms with Gasteiger partial charge in [-0.15, -0.1) is 0 Å². The van der Waals surface area contributed by atoms with Crippen LogP contribution < -0.4 is 0 Å². The van der Waals surface area contributed by atoms with Gasteiger partial charge in [0, 0.05) is 33.2 Å². The standard InChI is InChI=1S/C8H16O2.C7H13FO/c1-7(2)8(9-3)4-5-10-6-8;1-6(2)7(8)3-4-9-5-7/h7H,4-6H2,1-3H3;6H,3-5H2,1-2H3/t8-;7-/m11/s1. The Labute approximate surface area is 116 Å². The van der Waals surface area contributed by atoms with Crippen LogP contribution in [0.1, 0.15) is 40.5 Å². The molecule has 2 aliphatic rings. The van der Waals surface area contributed by atoms with Gasteiger partial charge in [0.15, 0.2) is 0 Å². The first-order chi connectivity index (χ1) is 8.86. The molecule has 2 atom stereocenters. The molecule has 2 saturated heterocycles. The third-order valence-corrected chi connectivity index (χ3v) is 4.51. The van der Waals surface area contributed by atoms with Gasteiger partial charge in [0.1, 0.15) is 5.67 Å². The second-order valence-corrected chi connectivity index (χ2v) is 6.22. The molecule has 114 valence electrons. The van der Waals surface area contributed by atoms with Crippen LogP contribution in [0.3, 0.4) is 0 Å². The van der Waals surface area contributed by atoms with Gasteiger partial charge in [-0.25, -0.2) is 4.39 Å². The van der Waals surface area contributed by atoms with Crippen molar-refractivity contribution in [2.45, 2.75) is 51.8 Å². The van der Waals surface area contributed by atoms with E-state index in [4.69, 9.17) is 14.2 Å². The van der Waals surface area contributed by atoms with Gasteiger partial charge in [-0.1, -0.05) is 27.7 Å². The minimum Gasteiger partial charge on any atom is -0.378 e. The first-order valence-electron chi connectivity index (χ1n) is 7.26. The van der Waals surface area contributed by atoms with E-state index in [0.29, 0.717) is 25.6 Å². The minimum atomic E-state index is -1.03. The molecule has 0 bridgehead atoms. The topological polar surface area (TPSA) is 27.7 Å². The fourth-order valence-corrected chi connectivity index (χ4v) is 2.43. The lowest BCUT2D eigenvalue weighted by atomic mass is 9.89. The molecule has 0 aliphatic carbocycles. The van der Waals surface area contributed by atoms with Gasteiger partial charge in [0.2, 0.25) is 0 Å². The Morgan fingerprint density at radius 3 is 1.74 bits per heavy atom. The van der Waals surface area contributed by atoms with Crippen LogP contribution in [0.25, 0.3) is 0 Å². The summed E-state index contributed by atoms with van der Waals surface area (Å²) < 4.78 is 29.0. The SMILES string of the molecule is CC(C)[C@@]1(F)CCOC1.CO[C@]1(C(C)C)CCOC1. The molecular weight excluding hydrogens is 247 g/mol. The summed E-state index contributed by atoms with van der Waals surface area (Å²) in [4.78, 5) is 0. The predicted molar refractivity (Wildman–Crippen MR) is 74.1 cm³/mol. The molecule has 2 rings (SSSR count). The van der Waals surface area contributed by atoms with Crippen molar-refractivity contribution in [1.29, 1.82) is 0 Å². The van der Waals surface area contributed by atoms with Gasteiger partial charge in [-0.2, -0.15) is 0 Å². The Morgan fingerprint density at radius 1 is 0.947 bits per heavy atom. The van der Waals surface area contributed by atoms with Gasteiger partial charge in [-0.05, 0) is 11.8 Å². The van der Waals surface area contributed by atoms with E-state index in [1.807, 2.05) is 13.8 Å². The lowest BCUT2D eigenvalue weighted by Gasteiger charge is -2.29. The first kappa shape index (κ1) is 16.9. The summed E-state index contributed by atoms with van der Waals surface area (Å²) in [6.07, 6.45) is 1.62. The molecule has 2 aliphatic heterocycles. The highest BCUT2D eigenvalue weighted by Gasteiger charge is 2.38. The largest absolute Gasteiger partial charge is 0.378 e. The first-order valence-corrected chi connectivity index (χ1v) is 7.26. The monoisotopic (exact) mass is 276 g/mol. The number of hydrogen-bond acceptors (Lipinski definition) is 3. The van der Waals surface area contributed by atoms with Gasteiger partial charge in [-0.3, -0.25) is 0 Å². The molecule has 2 heterocycles. The molecule has 0 saturated carbocycles. The highest BCUT2D eigenvalue weighted by Crippen LogP contribution is 2.31. The van der Waals surface area contributed by atoms with Crippen LogP contribution in [0.4, 0.5) is 4.39 Å². The number of ether oxygens (including phenoxy) is 3. The van der Waals surface area contributed by atoms with Crippen molar-refractivity contribution in [3.63, 3.8) is 0 Å². The zero-order valence-electron chi connectivity index (χ0n) is 13.0. The summed E-state index contributed by atoms with van der Waals surface area (Å²) in [6, 6.07) is 0. The van der Waals surface area contributed by atoms with E-state index < -0.39 is 5.67 Å². The van der Waals surface area contributed by atoms with Crippen LogP contribution in [0.2, 0.25) is 0 Å². The molecule has 0 radical (unpaired) electrons. The molecule has 0 aromatic rings. The maximum absolute atomic E-state index is 13.3. The highest BCUT2D eigenvalue weighted by molar-refractivity contribution is 4.87. The molecule has 0 amide bonds. The number of rotatable bonds is 3. The Balaban J connectivity index is 0.000000191. The summed E-state index contributed by atoms with van der Waals surface area (Å²) in [5, 5.41) is 0.